The lowest BCUT2D eigenvalue weighted by Gasteiger charge is -2.04. The molecule has 0 spiro atoms. The first-order valence-electron chi connectivity index (χ1n) is 4.38. The van der Waals surface area contributed by atoms with Gasteiger partial charge in [0, 0.05) is 5.56 Å². The molecule has 0 saturated carbocycles. The third-order valence-electron chi connectivity index (χ3n) is 2.10. The average Bonchev–Trinajstić information content (AvgIpc) is 2.23. The van der Waals surface area contributed by atoms with Crippen LogP contribution < -0.4 is 0 Å². The lowest BCUT2D eigenvalue weighted by Crippen LogP contribution is -1.83. The fourth-order valence-corrected chi connectivity index (χ4v) is 1.66. The maximum absolute atomic E-state index is 13.4. The molecule has 0 nitrogen and oxygen atoms in total. The van der Waals surface area contributed by atoms with Crippen LogP contribution in [0.1, 0.15) is 0 Å². The molecule has 0 amide bonds. The largest absolute Gasteiger partial charge is 0.206 e. The van der Waals surface area contributed by atoms with E-state index in [1.54, 1.807) is 36.4 Å². The van der Waals surface area contributed by atoms with Gasteiger partial charge in [-0.15, -0.1) is 0 Å². The molecule has 0 aliphatic carbocycles. The molecule has 76 valence electrons. The summed E-state index contributed by atoms with van der Waals surface area (Å²) in [5.74, 6) is -0.268. The van der Waals surface area contributed by atoms with Crippen molar-refractivity contribution >= 4 is 23.2 Å². The number of hydrogen-bond donors (Lipinski definition) is 0. The van der Waals surface area contributed by atoms with Crippen molar-refractivity contribution in [3.63, 3.8) is 0 Å². The second kappa shape index (κ2) is 4.21. The van der Waals surface area contributed by atoms with Crippen LogP contribution >= 0.6 is 23.2 Å². The highest BCUT2D eigenvalue weighted by molar-refractivity contribution is 6.42. The van der Waals surface area contributed by atoms with Crippen molar-refractivity contribution in [1.29, 1.82) is 0 Å². The fourth-order valence-electron chi connectivity index (χ4n) is 1.36. The van der Waals surface area contributed by atoms with Gasteiger partial charge in [-0.05, 0) is 23.8 Å². The van der Waals surface area contributed by atoms with E-state index in [9.17, 15) is 4.39 Å². The molecule has 0 aliphatic heterocycles. The van der Waals surface area contributed by atoms with Crippen LogP contribution in [-0.4, -0.2) is 0 Å². The van der Waals surface area contributed by atoms with Crippen molar-refractivity contribution in [3.8, 4) is 11.1 Å². The van der Waals surface area contributed by atoms with Crippen molar-refractivity contribution < 1.29 is 4.39 Å². The maximum atomic E-state index is 13.4. The Kier molecular flexibility index (Phi) is 2.94. The Balaban J connectivity index is 2.55. The Hall–Kier alpha value is -1.05. The van der Waals surface area contributed by atoms with Crippen molar-refractivity contribution in [3.05, 3.63) is 58.3 Å². The highest BCUT2D eigenvalue weighted by Gasteiger charge is 2.05. The minimum atomic E-state index is -0.268. The molecule has 3 heteroatoms. The van der Waals surface area contributed by atoms with E-state index < -0.39 is 0 Å². The molecule has 15 heavy (non-hydrogen) atoms. The molecule has 2 rings (SSSR count). The standard InChI is InChI=1S/C12H7Cl2F/c13-10-6-5-8(7-11(10)14)9-3-1-2-4-12(9)15/h1-7H. The first-order chi connectivity index (χ1) is 7.18. The lowest BCUT2D eigenvalue weighted by molar-refractivity contribution is 0.631. The Bertz CT molecular complexity index is 495. The van der Waals surface area contributed by atoms with Gasteiger partial charge in [-0.3, -0.25) is 0 Å². The van der Waals surface area contributed by atoms with Crippen LogP contribution in [0.15, 0.2) is 42.5 Å². The number of halogens is 3. The van der Waals surface area contributed by atoms with Gasteiger partial charge in [-0.2, -0.15) is 0 Å². The Morgan fingerprint density at radius 2 is 1.60 bits per heavy atom. The highest BCUT2D eigenvalue weighted by Crippen LogP contribution is 2.29. The molecular formula is C12H7Cl2F. The maximum Gasteiger partial charge on any atom is 0.131 e. The molecule has 0 heterocycles. The second-order valence-corrected chi connectivity index (χ2v) is 3.92. The number of rotatable bonds is 1. The van der Waals surface area contributed by atoms with Gasteiger partial charge in [0.2, 0.25) is 0 Å². The first-order valence-corrected chi connectivity index (χ1v) is 5.14. The van der Waals surface area contributed by atoms with Crippen LogP contribution in [0.25, 0.3) is 11.1 Å². The van der Waals surface area contributed by atoms with Crippen molar-refractivity contribution in [2.75, 3.05) is 0 Å². The van der Waals surface area contributed by atoms with Crippen molar-refractivity contribution in [1.82, 2.24) is 0 Å². The smallest absolute Gasteiger partial charge is 0.131 e. The Labute approximate surface area is 97.3 Å². The number of hydrogen-bond acceptors (Lipinski definition) is 0. The summed E-state index contributed by atoms with van der Waals surface area (Å²) in [6.45, 7) is 0. The normalized spacial score (nSPS) is 10.3. The van der Waals surface area contributed by atoms with Gasteiger partial charge >= 0.3 is 0 Å². The monoisotopic (exact) mass is 240 g/mol. The summed E-state index contributed by atoms with van der Waals surface area (Å²) in [5.41, 5.74) is 1.25. The molecule has 2 aromatic rings. The minimum absolute atomic E-state index is 0.268. The Morgan fingerprint density at radius 3 is 2.27 bits per heavy atom. The third kappa shape index (κ3) is 2.14. The summed E-state index contributed by atoms with van der Waals surface area (Å²) in [5, 5.41) is 0.897. The molecule has 0 aromatic heterocycles. The topological polar surface area (TPSA) is 0 Å². The summed E-state index contributed by atoms with van der Waals surface area (Å²) in [6, 6.07) is 11.6. The molecule has 0 atom stereocenters. The molecular weight excluding hydrogens is 234 g/mol. The number of benzene rings is 2. The predicted molar refractivity (Wildman–Crippen MR) is 61.9 cm³/mol. The molecule has 0 saturated heterocycles. The summed E-state index contributed by atoms with van der Waals surface area (Å²) >= 11 is 11.6. The van der Waals surface area contributed by atoms with E-state index in [1.807, 2.05) is 0 Å². The van der Waals surface area contributed by atoms with Crippen molar-refractivity contribution in [2.45, 2.75) is 0 Å². The summed E-state index contributed by atoms with van der Waals surface area (Å²) in [4.78, 5) is 0. The summed E-state index contributed by atoms with van der Waals surface area (Å²) in [6.07, 6.45) is 0. The zero-order valence-electron chi connectivity index (χ0n) is 7.68. The van der Waals surface area contributed by atoms with Crippen molar-refractivity contribution in [2.24, 2.45) is 0 Å². The highest BCUT2D eigenvalue weighted by atomic mass is 35.5. The second-order valence-electron chi connectivity index (χ2n) is 3.11. The van der Waals surface area contributed by atoms with Crippen LogP contribution in [0.5, 0.6) is 0 Å². The van der Waals surface area contributed by atoms with Gasteiger partial charge in [0.15, 0.2) is 0 Å². The van der Waals surface area contributed by atoms with E-state index in [4.69, 9.17) is 23.2 Å². The lowest BCUT2D eigenvalue weighted by atomic mass is 10.1. The zero-order valence-corrected chi connectivity index (χ0v) is 9.19. The quantitative estimate of drug-likeness (QED) is 0.672. The Morgan fingerprint density at radius 1 is 0.867 bits per heavy atom. The van der Waals surface area contributed by atoms with Crippen LogP contribution in [0.2, 0.25) is 10.0 Å². The van der Waals surface area contributed by atoms with Crippen LogP contribution in [0.3, 0.4) is 0 Å². The van der Waals surface area contributed by atoms with E-state index >= 15 is 0 Å². The van der Waals surface area contributed by atoms with Gasteiger partial charge in [-0.1, -0.05) is 47.5 Å². The summed E-state index contributed by atoms with van der Waals surface area (Å²) < 4.78 is 13.4. The average molecular weight is 241 g/mol. The van der Waals surface area contributed by atoms with E-state index in [0.29, 0.717) is 15.6 Å². The van der Waals surface area contributed by atoms with Gasteiger partial charge in [0.25, 0.3) is 0 Å². The fraction of sp³-hybridized carbons (Fsp3) is 0. The van der Waals surface area contributed by atoms with E-state index in [0.717, 1.165) is 5.56 Å². The van der Waals surface area contributed by atoms with Crippen LogP contribution in [0.4, 0.5) is 4.39 Å². The molecule has 0 radical (unpaired) electrons. The van der Waals surface area contributed by atoms with Crippen LogP contribution in [0, 0.1) is 5.82 Å². The van der Waals surface area contributed by atoms with E-state index in [2.05, 4.69) is 0 Å². The predicted octanol–water partition coefficient (Wildman–Crippen LogP) is 4.80. The molecule has 0 aliphatic rings. The molecule has 0 bridgehead atoms. The third-order valence-corrected chi connectivity index (χ3v) is 2.84. The first kappa shape index (κ1) is 10.5. The van der Waals surface area contributed by atoms with Crippen LogP contribution in [-0.2, 0) is 0 Å². The van der Waals surface area contributed by atoms with E-state index in [-0.39, 0.29) is 5.82 Å². The van der Waals surface area contributed by atoms with Gasteiger partial charge < -0.3 is 0 Å². The van der Waals surface area contributed by atoms with Gasteiger partial charge in [0.1, 0.15) is 5.82 Å². The molecule has 2 aromatic carbocycles. The van der Waals surface area contributed by atoms with Gasteiger partial charge in [-0.25, -0.2) is 4.39 Å². The molecule has 0 fully saturated rings. The zero-order chi connectivity index (χ0) is 10.8. The minimum Gasteiger partial charge on any atom is -0.206 e. The molecule has 0 unspecified atom stereocenters. The van der Waals surface area contributed by atoms with E-state index in [1.165, 1.54) is 6.07 Å². The molecule has 0 N–H and O–H groups in total. The summed E-state index contributed by atoms with van der Waals surface area (Å²) in [7, 11) is 0. The van der Waals surface area contributed by atoms with Gasteiger partial charge in [0.05, 0.1) is 10.0 Å². The SMILES string of the molecule is Fc1ccccc1-c1ccc(Cl)c(Cl)c1.